The van der Waals surface area contributed by atoms with E-state index in [0.29, 0.717) is 12.2 Å². The first-order chi connectivity index (χ1) is 12.1. The number of nitrogens with one attached hydrogen (secondary N) is 2. The van der Waals surface area contributed by atoms with Crippen LogP contribution in [0, 0.1) is 10.1 Å². The molecule has 1 aliphatic rings. The van der Waals surface area contributed by atoms with E-state index >= 15 is 0 Å². The molecule has 1 aromatic carbocycles. The predicted octanol–water partition coefficient (Wildman–Crippen LogP) is -0.189. The number of aromatic nitrogens is 3. The van der Waals surface area contributed by atoms with Gasteiger partial charge in [-0.2, -0.15) is 0 Å². The van der Waals surface area contributed by atoms with Crippen molar-refractivity contribution in [1.82, 2.24) is 30.5 Å². The van der Waals surface area contributed by atoms with Crippen molar-refractivity contribution in [3.8, 4) is 5.69 Å². The molecule has 25 heavy (non-hydrogen) atoms. The fraction of sp³-hybridized carbons (Fsp3) is 0.400. The molecule has 132 valence electrons. The highest BCUT2D eigenvalue weighted by Crippen LogP contribution is 2.15. The summed E-state index contributed by atoms with van der Waals surface area (Å²) in [5.41, 5.74) is 0.600. The maximum atomic E-state index is 12.1. The minimum absolute atomic E-state index is 0.0463. The highest BCUT2D eigenvalue weighted by atomic mass is 16.6. The first-order valence-electron chi connectivity index (χ1n) is 8.02. The molecule has 2 heterocycles. The molecule has 0 spiro atoms. The number of hydrogen-bond donors (Lipinski definition) is 2. The molecule has 0 unspecified atom stereocenters. The zero-order chi connectivity index (χ0) is 17.6. The van der Waals surface area contributed by atoms with Crippen LogP contribution in [-0.2, 0) is 0 Å². The van der Waals surface area contributed by atoms with E-state index in [1.165, 1.54) is 23.0 Å². The molecule has 10 heteroatoms. The topological polar surface area (TPSA) is 118 Å². The quantitative estimate of drug-likeness (QED) is 0.550. The molecule has 0 atom stereocenters. The SMILES string of the molecule is O=C(NCCN1CCNCC1)c1cn(-c2cccc([N+](=O)[O-])c2)nn1. The smallest absolute Gasteiger partial charge is 0.273 e. The molecule has 2 N–H and O–H groups in total. The van der Waals surface area contributed by atoms with E-state index < -0.39 is 4.92 Å². The fourth-order valence-electron chi connectivity index (χ4n) is 2.60. The van der Waals surface area contributed by atoms with Gasteiger partial charge in [-0.1, -0.05) is 11.3 Å². The van der Waals surface area contributed by atoms with Crippen LogP contribution in [0.1, 0.15) is 10.5 Å². The molecule has 1 saturated heterocycles. The summed E-state index contributed by atoms with van der Waals surface area (Å²) in [6.45, 7) is 5.18. The Morgan fingerprint density at radius 3 is 2.92 bits per heavy atom. The average molecular weight is 345 g/mol. The zero-order valence-corrected chi connectivity index (χ0v) is 13.6. The largest absolute Gasteiger partial charge is 0.349 e. The number of hydrogen-bond acceptors (Lipinski definition) is 7. The van der Waals surface area contributed by atoms with Crippen molar-refractivity contribution >= 4 is 11.6 Å². The van der Waals surface area contributed by atoms with Gasteiger partial charge < -0.3 is 10.6 Å². The molecular weight excluding hydrogens is 326 g/mol. The van der Waals surface area contributed by atoms with E-state index in [-0.39, 0.29) is 17.3 Å². The van der Waals surface area contributed by atoms with Gasteiger partial charge in [0.1, 0.15) is 0 Å². The number of amides is 1. The summed E-state index contributed by atoms with van der Waals surface area (Å²) in [5, 5.41) is 24.6. The van der Waals surface area contributed by atoms with Gasteiger partial charge in [0.25, 0.3) is 11.6 Å². The van der Waals surface area contributed by atoms with Crippen molar-refractivity contribution in [3.05, 3.63) is 46.3 Å². The molecule has 1 fully saturated rings. The Balaban J connectivity index is 1.57. The number of nitrogens with zero attached hydrogens (tertiary/aromatic N) is 5. The summed E-state index contributed by atoms with van der Waals surface area (Å²) in [7, 11) is 0. The maximum absolute atomic E-state index is 12.1. The third kappa shape index (κ3) is 4.37. The second kappa shape index (κ2) is 7.81. The van der Waals surface area contributed by atoms with Gasteiger partial charge in [-0.3, -0.25) is 19.8 Å². The number of non-ortho nitro benzene ring substituents is 1. The number of nitro benzene ring substituents is 1. The Morgan fingerprint density at radius 2 is 2.16 bits per heavy atom. The summed E-state index contributed by atoms with van der Waals surface area (Å²) in [6.07, 6.45) is 1.46. The van der Waals surface area contributed by atoms with Crippen molar-refractivity contribution in [2.45, 2.75) is 0 Å². The van der Waals surface area contributed by atoms with Crippen LogP contribution in [-0.4, -0.2) is 70.0 Å². The third-order valence-corrected chi connectivity index (χ3v) is 3.95. The van der Waals surface area contributed by atoms with Crippen LogP contribution in [0.15, 0.2) is 30.5 Å². The van der Waals surface area contributed by atoms with Crippen LogP contribution in [0.4, 0.5) is 5.69 Å². The van der Waals surface area contributed by atoms with Gasteiger partial charge in [-0.15, -0.1) is 5.10 Å². The van der Waals surface area contributed by atoms with Gasteiger partial charge in [0, 0.05) is 51.4 Å². The van der Waals surface area contributed by atoms with E-state index in [0.717, 1.165) is 32.7 Å². The van der Waals surface area contributed by atoms with Crippen LogP contribution in [0.2, 0.25) is 0 Å². The minimum atomic E-state index is -0.482. The zero-order valence-electron chi connectivity index (χ0n) is 13.6. The second-order valence-electron chi connectivity index (χ2n) is 5.67. The van der Waals surface area contributed by atoms with Crippen molar-refractivity contribution in [2.24, 2.45) is 0 Å². The van der Waals surface area contributed by atoms with Crippen molar-refractivity contribution < 1.29 is 9.72 Å². The lowest BCUT2D eigenvalue weighted by Crippen LogP contribution is -2.46. The molecule has 2 aromatic rings. The molecule has 0 radical (unpaired) electrons. The lowest BCUT2D eigenvalue weighted by molar-refractivity contribution is -0.384. The number of carbonyl (C=O) groups is 1. The van der Waals surface area contributed by atoms with Gasteiger partial charge >= 0.3 is 0 Å². The Morgan fingerprint density at radius 1 is 1.36 bits per heavy atom. The first kappa shape index (κ1) is 17.0. The van der Waals surface area contributed by atoms with Crippen molar-refractivity contribution in [2.75, 3.05) is 39.3 Å². The average Bonchev–Trinajstić information content (AvgIpc) is 3.13. The number of rotatable bonds is 6. The second-order valence-corrected chi connectivity index (χ2v) is 5.67. The number of benzene rings is 1. The fourth-order valence-corrected chi connectivity index (χ4v) is 2.60. The molecule has 1 aliphatic heterocycles. The van der Waals surface area contributed by atoms with E-state index in [9.17, 15) is 14.9 Å². The Bertz CT molecular complexity index is 755. The van der Waals surface area contributed by atoms with Crippen LogP contribution >= 0.6 is 0 Å². The highest BCUT2D eigenvalue weighted by molar-refractivity contribution is 5.91. The summed E-state index contributed by atoms with van der Waals surface area (Å²) in [4.78, 5) is 24.8. The van der Waals surface area contributed by atoms with Gasteiger partial charge in [0.15, 0.2) is 5.69 Å². The standard InChI is InChI=1S/C15H19N7O3/c23-15(17-6-9-20-7-4-16-5-8-20)14-11-21(19-18-14)12-2-1-3-13(10-12)22(24)25/h1-3,10-11,16H,4-9H2,(H,17,23). The predicted molar refractivity (Wildman–Crippen MR) is 89.7 cm³/mol. The van der Waals surface area contributed by atoms with Crippen LogP contribution in [0.5, 0.6) is 0 Å². The molecule has 10 nitrogen and oxygen atoms in total. The van der Waals surface area contributed by atoms with Crippen molar-refractivity contribution in [3.63, 3.8) is 0 Å². The lowest BCUT2D eigenvalue weighted by Gasteiger charge is -2.26. The monoisotopic (exact) mass is 345 g/mol. The van der Waals surface area contributed by atoms with Gasteiger partial charge in [-0.05, 0) is 6.07 Å². The summed E-state index contributed by atoms with van der Waals surface area (Å²) < 4.78 is 1.35. The van der Waals surface area contributed by atoms with Crippen LogP contribution in [0.3, 0.4) is 0 Å². The van der Waals surface area contributed by atoms with Gasteiger partial charge in [0.05, 0.1) is 16.8 Å². The molecular formula is C15H19N7O3. The molecule has 1 amide bonds. The van der Waals surface area contributed by atoms with E-state index in [2.05, 4.69) is 25.8 Å². The van der Waals surface area contributed by atoms with Gasteiger partial charge in [0.2, 0.25) is 0 Å². The number of nitro groups is 1. The minimum Gasteiger partial charge on any atom is -0.349 e. The van der Waals surface area contributed by atoms with E-state index in [1.54, 1.807) is 12.1 Å². The normalized spacial score (nSPS) is 15.0. The summed E-state index contributed by atoms with van der Waals surface area (Å²) in [5.74, 6) is -0.313. The van der Waals surface area contributed by atoms with Gasteiger partial charge in [-0.25, -0.2) is 4.68 Å². The Kier molecular flexibility index (Phi) is 5.31. The van der Waals surface area contributed by atoms with E-state index in [4.69, 9.17) is 0 Å². The molecule has 0 saturated carbocycles. The molecule has 1 aromatic heterocycles. The molecule has 3 rings (SSSR count). The highest BCUT2D eigenvalue weighted by Gasteiger charge is 2.14. The first-order valence-corrected chi connectivity index (χ1v) is 8.02. The molecule has 0 bridgehead atoms. The van der Waals surface area contributed by atoms with Crippen molar-refractivity contribution in [1.29, 1.82) is 0 Å². The summed E-state index contributed by atoms with van der Waals surface area (Å²) in [6, 6.07) is 5.99. The number of piperazine rings is 1. The third-order valence-electron chi connectivity index (χ3n) is 3.95. The lowest BCUT2D eigenvalue weighted by atomic mass is 10.3. The Labute approximate surface area is 144 Å². The summed E-state index contributed by atoms with van der Waals surface area (Å²) >= 11 is 0. The van der Waals surface area contributed by atoms with Crippen LogP contribution in [0.25, 0.3) is 5.69 Å². The Hall–Kier alpha value is -2.85. The van der Waals surface area contributed by atoms with Crippen LogP contribution < -0.4 is 10.6 Å². The van der Waals surface area contributed by atoms with E-state index in [1.807, 2.05) is 0 Å². The number of carbonyl (C=O) groups excluding carboxylic acids is 1. The maximum Gasteiger partial charge on any atom is 0.273 e. The molecule has 0 aliphatic carbocycles.